The lowest BCUT2D eigenvalue weighted by molar-refractivity contribution is -0.385. The molecule has 0 atom stereocenters. The third kappa shape index (κ3) is 2.57. The molecule has 10 heteroatoms. The fourth-order valence-corrected chi connectivity index (χ4v) is 1.28. The fourth-order valence-electron chi connectivity index (χ4n) is 1.28. The summed E-state index contributed by atoms with van der Waals surface area (Å²) in [6, 6.07) is 4.10. The van der Waals surface area contributed by atoms with Gasteiger partial charge in [-0.25, -0.2) is 10.1 Å². The average molecular weight is 263 g/mol. The first kappa shape index (κ1) is 12.3. The molecule has 0 bridgehead atoms. The molecule has 2 rings (SSSR count). The van der Waals surface area contributed by atoms with E-state index in [1.807, 2.05) is 0 Å². The molecule has 0 aliphatic heterocycles. The minimum Gasteiger partial charge on any atom is -0.502 e. The quantitative estimate of drug-likeness (QED) is 0.306. The molecule has 0 spiro atoms. The number of benzene rings is 1. The van der Waals surface area contributed by atoms with Gasteiger partial charge in [0.2, 0.25) is 5.75 Å². The molecule has 0 unspecified atom stereocenters. The molecule has 1 aromatic carbocycles. The number of aromatic nitrogens is 3. The van der Waals surface area contributed by atoms with E-state index in [2.05, 4.69) is 20.7 Å². The summed E-state index contributed by atoms with van der Waals surface area (Å²) < 4.78 is 1.10. The third-order valence-corrected chi connectivity index (χ3v) is 2.18. The van der Waals surface area contributed by atoms with E-state index in [0.29, 0.717) is 0 Å². The Morgan fingerprint density at radius 3 is 3.00 bits per heavy atom. The molecule has 0 radical (unpaired) electrons. The molecule has 0 saturated carbocycles. The van der Waals surface area contributed by atoms with Crippen LogP contribution in [-0.2, 0) is 0 Å². The highest BCUT2D eigenvalue weighted by Gasteiger charge is 2.14. The molecule has 19 heavy (non-hydrogen) atoms. The third-order valence-electron chi connectivity index (χ3n) is 2.18. The van der Waals surface area contributed by atoms with Gasteiger partial charge in [0.1, 0.15) is 6.33 Å². The Kier molecular flexibility index (Phi) is 3.23. The van der Waals surface area contributed by atoms with E-state index in [9.17, 15) is 15.2 Å². The number of hydrazone groups is 1. The summed E-state index contributed by atoms with van der Waals surface area (Å²) in [6.45, 7) is 0. The van der Waals surface area contributed by atoms with Crippen molar-refractivity contribution in [2.24, 2.45) is 5.10 Å². The van der Waals surface area contributed by atoms with Gasteiger partial charge in [-0.15, -0.1) is 10.2 Å². The second-order valence-corrected chi connectivity index (χ2v) is 3.40. The number of anilines is 1. The van der Waals surface area contributed by atoms with E-state index in [-0.39, 0.29) is 11.5 Å². The number of phenols is 1. The number of aromatic hydroxyl groups is 1. The number of nitro groups is 1. The topological polar surface area (TPSA) is 144 Å². The molecule has 98 valence electrons. The number of rotatable bonds is 4. The van der Waals surface area contributed by atoms with Crippen LogP contribution < -0.4 is 11.3 Å². The maximum absolute atomic E-state index is 10.6. The van der Waals surface area contributed by atoms with Gasteiger partial charge in [-0.2, -0.15) is 5.10 Å². The normalized spacial score (nSPS) is 10.7. The van der Waals surface area contributed by atoms with Gasteiger partial charge < -0.3 is 10.9 Å². The van der Waals surface area contributed by atoms with Crippen molar-refractivity contribution in [2.75, 3.05) is 11.3 Å². The van der Waals surface area contributed by atoms with E-state index in [1.54, 1.807) is 0 Å². The van der Waals surface area contributed by atoms with Crippen molar-refractivity contribution >= 4 is 17.9 Å². The number of para-hydroxylation sites is 1. The summed E-state index contributed by atoms with van der Waals surface area (Å²) in [4.78, 5) is 9.94. The molecule has 4 N–H and O–H groups in total. The number of phenolic OH excluding ortho intramolecular Hbond substituents is 1. The van der Waals surface area contributed by atoms with Crippen LogP contribution in [0.4, 0.5) is 11.6 Å². The van der Waals surface area contributed by atoms with Gasteiger partial charge >= 0.3 is 5.69 Å². The first-order valence-corrected chi connectivity index (χ1v) is 5.00. The molecule has 0 aliphatic rings. The van der Waals surface area contributed by atoms with Gasteiger partial charge in [-0.1, -0.05) is 6.07 Å². The van der Waals surface area contributed by atoms with Crippen LogP contribution in [0.3, 0.4) is 0 Å². The van der Waals surface area contributed by atoms with Crippen LogP contribution in [0.15, 0.2) is 29.6 Å². The Morgan fingerprint density at radius 1 is 1.58 bits per heavy atom. The summed E-state index contributed by atoms with van der Waals surface area (Å²) in [6.07, 6.45) is 2.47. The SMILES string of the molecule is Nn1cnnc1NN=Cc1cccc([N+](=O)[O-])c1O. The lowest BCUT2D eigenvalue weighted by atomic mass is 10.2. The van der Waals surface area contributed by atoms with E-state index in [1.165, 1.54) is 30.7 Å². The van der Waals surface area contributed by atoms with E-state index < -0.39 is 16.4 Å². The van der Waals surface area contributed by atoms with Crippen LogP contribution in [0, 0.1) is 10.1 Å². The van der Waals surface area contributed by atoms with Crippen molar-refractivity contribution in [1.82, 2.24) is 14.9 Å². The number of nitro benzene ring substituents is 1. The maximum Gasteiger partial charge on any atom is 0.311 e. The van der Waals surface area contributed by atoms with Crippen LogP contribution in [0.2, 0.25) is 0 Å². The first-order valence-electron chi connectivity index (χ1n) is 5.00. The highest BCUT2D eigenvalue weighted by molar-refractivity contribution is 5.85. The molecule has 0 saturated heterocycles. The van der Waals surface area contributed by atoms with Gasteiger partial charge in [0.25, 0.3) is 5.95 Å². The van der Waals surface area contributed by atoms with Crippen molar-refractivity contribution in [2.45, 2.75) is 0 Å². The van der Waals surface area contributed by atoms with Crippen molar-refractivity contribution in [1.29, 1.82) is 0 Å². The van der Waals surface area contributed by atoms with Gasteiger partial charge in [0, 0.05) is 11.6 Å². The monoisotopic (exact) mass is 263 g/mol. The highest BCUT2D eigenvalue weighted by atomic mass is 16.6. The van der Waals surface area contributed by atoms with Gasteiger partial charge in [0.05, 0.1) is 11.1 Å². The largest absolute Gasteiger partial charge is 0.502 e. The number of nitrogen functional groups attached to an aromatic ring is 1. The number of hydrogen-bond donors (Lipinski definition) is 3. The minimum absolute atomic E-state index is 0.182. The minimum atomic E-state index is -0.684. The van der Waals surface area contributed by atoms with Crippen molar-refractivity contribution in [3.05, 3.63) is 40.2 Å². The van der Waals surface area contributed by atoms with Crippen LogP contribution in [0.25, 0.3) is 0 Å². The van der Waals surface area contributed by atoms with E-state index in [4.69, 9.17) is 5.84 Å². The van der Waals surface area contributed by atoms with Crippen LogP contribution >= 0.6 is 0 Å². The Hall–Kier alpha value is -3.17. The Morgan fingerprint density at radius 2 is 2.37 bits per heavy atom. The van der Waals surface area contributed by atoms with Gasteiger partial charge in [0.15, 0.2) is 0 Å². The second kappa shape index (κ2) is 5.00. The average Bonchev–Trinajstić information content (AvgIpc) is 2.77. The zero-order valence-corrected chi connectivity index (χ0v) is 9.46. The smallest absolute Gasteiger partial charge is 0.311 e. The highest BCUT2D eigenvalue weighted by Crippen LogP contribution is 2.27. The number of nitrogens with two attached hydrogens (primary N) is 1. The molecular weight excluding hydrogens is 254 g/mol. The summed E-state index contributed by atoms with van der Waals surface area (Å²) in [5, 5.41) is 31.1. The lowest BCUT2D eigenvalue weighted by Gasteiger charge is -2.00. The predicted octanol–water partition coefficient (Wildman–Crippen LogP) is 0.0517. The summed E-state index contributed by atoms with van der Waals surface area (Å²) in [5.74, 6) is 5.15. The zero-order chi connectivity index (χ0) is 13.8. The Bertz CT molecular complexity index is 636. The first-order chi connectivity index (χ1) is 9.09. The number of nitrogens with zero attached hydrogens (tertiary/aromatic N) is 5. The zero-order valence-electron chi connectivity index (χ0n) is 9.46. The number of hydrogen-bond acceptors (Lipinski definition) is 8. The molecule has 0 amide bonds. The second-order valence-electron chi connectivity index (χ2n) is 3.40. The van der Waals surface area contributed by atoms with Gasteiger partial charge in [-0.3, -0.25) is 10.1 Å². The predicted molar refractivity (Wildman–Crippen MR) is 66.2 cm³/mol. The molecule has 0 aliphatic carbocycles. The van der Waals surface area contributed by atoms with Gasteiger partial charge in [-0.05, 0) is 6.07 Å². The maximum atomic E-state index is 10.6. The van der Waals surface area contributed by atoms with Crippen LogP contribution in [0.5, 0.6) is 5.75 Å². The van der Waals surface area contributed by atoms with Crippen molar-refractivity contribution in [3.8, 4) is 5.75 Å². The van der Waals surface area contributed by atoms with Crippen LogP contribution in [-0.4, -0.2) is 31.1 Å². The number of nitrogens with one attached hydrogen (secondary N) is 1. The molecular formula is C9H9N7O3. The molecule has 10 nitrogen and oxygen atoms in total. The Balaban J connectivity index is 2.17. The fraction of sp³-hybridized carbons (Fsp3) is 0. The van der Waals surface area contributed by atoms with Crippen molar-refractivity contribution < 1.29 is 10.0 Å². The standard InChI is InChI=1S/C9H9N7O3/c10-15-5-12-14-9(15)13-11-4-6-2-1-3-7(8(6)17)16(18)19/h1-5,17H,10H2,(H,13,14). The van der Waals surface area contributed by atoms with Crippen LogP contribution in [0.1, 0.15) is 5.56 Å². The van der Waals surface area contributed by atoms with E-state index >= 15 is 0 Å². The molecule has 2 aromatic rings. The lowest BCUT2D eigenvalue weighted by Crippen LogP contribution is -2.10. The molecule has 1 aromatic heterocycles. The summed E-state index contributed by atoms with van der Waals surface area (Å²) >= 11 is 0. The molecule has 0 fully saturated rings. The Labute approximate surface area is 106 Å². The molecule has 1 heterocycles. The van der Waals surface area contributed by atoms with Crippen molar-refractivity contribution in [3.63, 3.8) is 0 Å². The summed E-state index contributed by atoms with van der Waals surface area (Å²) in [7, 11) is 0. The van der Waals surface area contributed by atoms with E-state index in [0.717, 1.165) is 4.68 Å². The summed E-state index contributed by atoms with van der Waals surface area (Å²) in [5.41, 5.74) is 2.26.